The van der Waals surface area contributed by atoms with Crippen molar-refractivity contribution >= 4 is 5.91 Å². The number of carbonyl (C=O) groups is 1. The van der Waals surface area contributed by atoms with Crippen molar-refractivity contribution in [3.8, 4) is 0 Å². The lowest BCUT2D eigenvalue weighted by Crippen LogP contribution is -2.32. The van der Waals surface area contributed by atoms with Crippen LogP contribution in [0.25, 0.3) is 0 Å². The summed E-state index contributed by atoms with van der Waals surface area (Å²) in [6.07, 6.45) is 8.87. The van der Waals surface area contributed by atoms with Gasteiger partial charge in [-0.2, -0.15) is 0 Å². The fourth-order valence-corrected chi connectivity index (χ4v) is 3.13. The molecule has 4 heteroatoms. The van der Waals surface area contributed by atoms with Crippen LogP contribution in [0, 0.1) is 5.92 Å². The molecule has 1 heterocycles. The number of hydrogen-bond acceptors (Lipinski definition) is 2. The largest absolute Gasteiger partial charge is 0.341 e. The molecule has 19 heavy (non-hydrogen) atoms. The van der Waals surface area contributed by atoms with Gasteiger partial charge in [-0.05, 0) is 30.9 Å². The highest BCUT2D eigenvalue weighted by Crippen LogP contribution is 2.27. The van der Waals surface area contributed by atoms with Gasteiger partial charge in [-0.3, -0.25) is 10.2 Å². The number of rotatable bonds is 5. The molecule has 0 atom stereocenters. The summed E-state index contributed by atoms with van der Waals surface area (Å²) < 4.78 is 2.14. The first-order chi connectivity index (χ1) is 9.26. The summed E-state index contributed by atoms with van der Waals surface area (Å²) in [5.41, 5.74) is 4.21. The summed E-state index contributed by atoms with van der Waals surface area (Å²) in [5.74, 6) is 5.84. The van der Waals surface area contributed by atoms with Gasteiger partial charge in [0, 0.05) is 12.2 Å². The quantitative estimate of drug-likeness (QED) is 0.487. The summed E-state index contributed by atoms with van der Waals surface area (Å²) >= 11 is 0. The number of nitrogen functional groups attached to an aromatic ring is 1. The maximum atomic E-state index is 11.8. The van der Waals surface area contributed by atoms with E-state index in [1.165, 1.54) is 37.8 Å². The minimum atomic E-state index is -0.191. The third-order valence-electron chi connectivity index (χ3n) is 4.10. The van der Waals surface area contributed by atoms with Crippen LogP contribution in [0.4, 0.5) is 0 Å². The number of hydrazine groups is 1. The first kappa shape index (κ1) is 14.1. The third-order valence-corrected chi connectivity index (χ3v) is 4.10. The molecule has 1 aromatic heterocycles. The van der Waals surface area contributed by atoms with Crippen LogP contribution in [0.1, 0.15) is 61.6 Å². The van der Waals surface area contributed by atoms with Gasteiger partial charge in [0.15, 0.2) is 0 Å². The molecule has 2 rings (SSSR count). The Morgan fingerprint density at radius 1 is 1.37 bits per heavy atom. The molecule has 0 aliphatic heterocycles. The van der Waals surface area contributed by atoms with Crippen molar-refractivity contribution in [2.75, 3.05) is 0 Å². The summed E-state index contributed by atoms with van der Waals surface area (Å²) in [4.78, 5) is 11.8. The normalized spacial score (nSPS) is 16.5. The SMILES string of the molecule is CCCn1c(CC2CCCCC2)ccc1C(=O)NN. The number of nitrogens with one attached hydrogen (secondary N) is 1. The van der Waals surface area contributed by atoms with Gasteiger partial charge < -0.3 is 4.57 Å². The zero-order valence-corrected chi connectivity index (χ0v) is 11.8. The first-order valence-corrected chi connectivity index (χ1v) is 7.45. The lowest BCUT2D eigenvalue weighted by molar-refractivity contribution is 0.0943. The fourth-order valence-electron chi connectivity index (χ4n) is 3.13. The van der Waals surface area contributed by atoms with Crippen LogP contribution in [-0.4, -0.2) is 10.5 Å². The van der Waals surface area contributed by atoms with Crippen LogP contribution in [0.15, 0.2) is 12.1 Å². The van der Waals surface area contributed by atoms with Crippen molar-refractivity contribution in [3.63, 3.8) is 0 Å². The molecule has 106 valence electrons. The molecule has 4 nitrogen and oxygen atoms in total. The van der Waals surface area contributed by atoms with Crippen molar-refractivity contribution in [1.82, 2.24) is 9.99 Å². The van der Waals surface area contributed by atoms with Crippen molar-refractivity contribution < 1.29 is 4.79 Å². The van der Waals surface area contributed by atoms with Crippen LogP contribution in [0.3, 0.4) is 0 Å². The second kappa shape index (κ2) is 6.75. The molecule has 1 aliphatic carbocycles. The smallest absolute Gasteiger partial charge is 0.281 e. The van der Waals surface area contributed by atoms with Crippen LogP contribution in [-0.2, 0) is 13.0 Å². The van der Waals surface area contributed by atoms with E-state index in [1.54, 1.807) is 0 Å². The van der Waals surface area contributed by atoms with Gasteiger partial charge >= 0.3 is 0 Å². The molecular formula is C15H25N3O. The average molecular weight is 263 g/mol. The second-order valence-electron chi connectivity index (χ2n) is 5.54. The van der Waals surface area contributed by atoms with Crippen LogP contribution >= 0.6 is 0 Å². The highest BCUT2D eigenvalue weighted by molar-refractivity contribution is 5.92. The molecule has 1 saturated carbocycles. The molecule has 0 bridgehead atoms. The molecule has 0 unspecified atom stereocenters. The Labute approximate surface area is 115 Å². The molecule has 3 N–H and O–H groups in total. The third kappa shape index (κ3) is 3.38. The number of hydrogen-bond donors (Lipinski definition) is 2. The van der Waals surface area contributed by atoms with Gasteiger partial charge in [-0.15, -0.1) is 0 Å². The topological polar surface area (TPSA) is 60.0 Å². The van der Waals surface area contributed by atoms with Crippen LogP contribution in [0.2, 0.25) is 0 Å². The zero-order valence-electron chi connectivity index (χ0n) is 11.8. The molecule has 1 fully saturated rings. The monoisotopic (exact) mass is 263 g/mol. The lowest BCUT2D eigenvalue weighted by atomic mass is 9.86. The van der Waals surface area contributed by atoms with Gasteiger partial charge in [0.25, 0.3) is 5.91 Å². The number of carbonyl (C=O) groups excluding carboxylic acids is 1. The summed E-state index contributed by atoms with van der Waals surface area (Å²) in [7, 11) is 0. The highest BCUT2D eigenvalue weighted by atomic mass is 16.2. The van der Waals surface area contributed by atoms with E-state index in [9.17, 15) is 4.79 Å². The van der Waals surface area contributed by atoms with Gasteiger partial charge in [-0.1, -0.05) is 39.0 Å². The van der Waals surface area contributed by atoms with Gasteiger partial charge in [-0.25, -0.2) is 5.84 Å². The number of nitrogens with zero attached hydrogens (tertiary/aromatic N) is 1. The maximum Gasteiger partial charge on any atom is 0.281 e. The Balaban J connectivity index is 2.14. The molecule has 1 aliphatic rings. The second-order valence-corrected chi connectivity index (χ2v) is 5.54. The van der Waals surface area contributed by atoms with Crippen LogP contribution in [0.5, 0.6) is 0 Å². The van der Waals surface area contributed by atoms with E-state index in [4.69, 9.17) is 5.84 Å². The van der Waals surface area contributed by atoms with Gasteiger partial charge in [0.05, 0.1) is 0 Å². The van der Waals surface area contributed by atoms with E-state index >= 15 is 0 Å². The molecule has 1 aromatic rings. The summed E-state index contributed by atoms with van der Waals surface area (Å²) in [6, 6.07) is 3.99. The molecule has 0 spiro atoms. The maximum absolute atomic E-state index is 11.8. The van der Waals surface area contributed by atoms with E-state index in [-0.39, 0.29) is 5.91 Å². The first-order valence-electron chi connectivity index (χ1n) is 7.45. The number of nitrogens with two attached hydrogens (primary N) is 1. The standard InChI is InChI=1S/C15H25N3O/c1-2-10-18-13(8-9-14(18)15(19)17-16)11-12-6-4-3-5-7-12/h8-9,12H,2-7,10-11,16H2,1H3,(H,17,19). The molecule has 1 amide bonds. The Hall–Kier alpha value is -1.29. The van der Waals surface area contributed by atoms with Crippen molar-refractivity contribution in [1.29, 1.82) is 0 Å². The minimum absolute atomic E-state index is 0.191. The van der Waals surface area contributed by atoms with E-state index in [0.717, 1.165) is 25.3 Å². The Morgan fingerprint density at radius 2 is 2.11 bits per heavy atom. The van der Waals surface area contributed by atoms with Crippen molar-refractivity contribution in [2.45, 2.75) is 58.4 Å². The van der Waals surface area contributed by atoms with E-state index < -0.39 is 0 Å². The average Bonchev–Trinajstić information content (AvgIpc) is 2.83. The van der Waals surface area contributed by atoms with E-state index in [0.29, 0.717) is 5.69 Å². The Bertz CT molecular complexity index is 419. The Morgan fingerprint density at radius 3 is 2.74 bits per heavy atom. The molecule has 0 saturated heterocycles. The van der Waals surface area contributed by atoms with Gasteiger partial charge in [0.1, 0.15) is 5.69 Å². The van der Waals surface area contributed by atoms with E-state index in [1.807, 2.05) is 6.07 Å². The van der Waals surface area contributed by atoms with E-state index in [2.05, 4.69) is 23.0 Å². The lowest BCUT2D eigenvalue weighted by Gasteiger charge is -2.22. The molecule has 0 radical (unpaired) electrons. The number of aromatic nitrogens is 1. The predicted octanol–water partition coefficient (Wildman–Crippen LogP) is 2.62. The fraction of sp³-hybridized carbons (Fsp3) is 0.667. The predicted molar refractivity (Wildman–Crippen MR) is 76.7 cm³/mol. The van der Waals surface area contributed by atoms with Crippen molar-refractivity contribution in [3.05, 3.63) is 23.5 Å². The molecular weight excluding hydrogens is 238 g/mol. The Kier molecular flexibility index (Phi) is 5.02. The molecule has 0 aromatic carbocycles. The summed E-state index contributed by atoms with van der Waals surface area (Å²) in [6.45, 7) is 3.02. The highest BCUT2D eigenvalue weighted by Gasteiger charge is 2.18. The summed E-state index contributed by atoms with van der Waals surface area (Å²) in [5, 5.41) is 0. The van der Waals surface area contributed by atoms with Crippen molar-refractivity contribution in [2.24, 2.45) is 11.8 Å². The zero-order chi connectivity index (χ0) is 13.7. The number of amides is 1. The minimum Gasteiger partial charge on any atom is -0.341 e. The van der Waals surface area contributed by atoms with Crippen LogP contribution < -0.4 is 11.3 Å². The van der Waals surface area contributed by atoms with Gasteiger partial charge in [0.2, 0.25) is 0 Å².